The van der Waals surface area contributed by atoms with E-state index in [9.17, 15) is 9.59 Å². The molecule has 0 aromatic carbocycles. The molecule has 6 nitrogen and oxygen atoms in total. The van der Waals surface area contributed by atoms with Gasteiger partial charge in [0.2, 0.25) is 0 Å². The summed E-state index contributed by atoms with van der Waals surface area (Å²) in [6.07, 6.45) is 23.0. The summed E-state index contributed by atoms with van der Waals surface area (Å²) in [7, 11) is 0. The minimum absolute atomic E-state index is 0. The highest BCUT2D eigenvalue weighted by Crippen LogP contribution is 2.07. The first kappa shape index (κ1) is 109. The van der Waals surface area contributed by atoms with Crippen LogP contribution in [0.2, 0.25) is 0 Å². The number of aliphatic hydroxyl groups is 1. The zero-order valence-corrected chi connectivity index (χ0v) is 59.0. The zero-order valence-electron chi connectivity index (χ0n) is 59.0. The summed E-state index contributed by atoms with van der Waals surface area (Å²) < 4.78 is 0. The normalized spacial score (nSPS) is 9.63. The van der Waals surface area contributed by atoms with Crippen LogP contribution in [-0.4, -0.2) is 39.4 Å². The zero-order chi connectivity index (χ0) is 62.4. The Kier molecular flexibility index (Phi) is 143. The lowest BCUT2D eigenvalue weighted by atomic mass is 10.1. The van der Waals surface area contributed by atoms with E-state index in [1.165, 1.54) is 103 Å². The van der Waals surface area contributed by atoms with E-state index in [0.717, 1.165) is 66.1 Å². The molecule has 0 amide bonds. The molecule has 0 aliphatic heterocycles. The lowest BCUT2D eigenvalue weighted by Gasteiger charge is -1.98. The van der Waals surface area contributed by atoms with Crippen molar-refractivity contribution in [2.45, 2.75) is 377 Å². The monoisotopic (exact) mass is 1090 g/mol. The van der Waals surface area contributed by atoms with E-state index in [4.69, 9.17) is 21.1 Å². The summed E-state index contributed by atoms with van der Waals surface area (Å²) in [6, 6.07) is 0.333. The summed E-state index contributed by atoms with van der Waals surface area (Å²) in [6.45, 7) is 74.8. The maximum absolute atomic E-state index is 9.70. The highest BCUT2D eigenvalue weighted by molar-refractivity contribution is 5.69. The van der Waals surface area contributed by atoms with Gasteiger partial charge in [-0.05, 0) is 72.1 Å². The molecule has 0 spiro atoms. The molecular formula is C69H163NO5. The molecule has 0 aliphatic carbocycles. The van der Waals surface area contributed by atoms with Crippen LogP contribution in [0.15, 0.2) is 0 Å². The van der Waals surface area contributed by atoms with Crippen LogP contribution in [0.1, 0.15) is 365 Å². The molecule has 0 saturated carbocycles. The molecule has 0 rings (SSSR count). The molecule has 0 bridgehead atoms. The molecule has 0 unspecified atom stereocenters. The molecule has 5 N–H and O–H groups in total. The van der Waals surface area contributed by atoms with Crippen LogP contribution in [0.25, 0.3) is 0 Å². The summed E-state index contributed by atoms with van der Waals surface area (Å²) in [4.78, 5) is 19.4. The molecule has 6 heteroatoms. The van der Waals surface area contributed by atoms with Crippen molar-refractivity contribution in [3.63, 3.8) is 0 Å². The quantitative estimate of drug-likeness (QED) is 0.0964. The van der Waals surface area contributed by atoms with Crippen molar-refractivity contribution in [2.75, 3.05) is 0 Å². The van der Waals surface area contributed by atoms with Gasteiger partial charge in [0, 0.05) is 0 Å². The molecule has 75 heavy (non-hydrogen) atoms. The minimum Gasteiger partial charge on any atom is -0.481 e. The van der Waals surface area contributed by atoms with Gasteiger partial charge in [0.1, 0.15) is 0 Å². The Morgan fingerprint density at radius 3 is 0.347 bits per heavy atom. The fraction of sp³-hybridized carbons (Fsp3) is 0.971. The Morgan fingerprint density at radius 1 is 0.280 bits per heavy atom. The number of aliphatic hydroxyl groups excluding tert-OH is 1. The third-order valence-electron chi connectivity index (χ3n) is 13.1. The van der Waals surface area contributed by atoms with E-state index in [0.29, 0.717) is 6.04 Å². The molecular weight excluding hydrogens is 923 g/mol. The molecule has 0 aromatic rings. The lowest BCUT2D eigenvalue weighted by molar-refractivity contribution is -0.141. The van der Waals surface area contributed by atoms with Crippen LogP contribution in [-0.2, 0) is 9.59 Å². The highest BCUT2D eigenvalue weighted by Gasteiger charge is 2.00. The van der Waals surface area contributed by atoms with Gasteiger partial charge in [0.05, 0.1) is 17.9 Å². The SMILES string of the molecule is C.CC(C)C.CC(C)C(=O)O.CC(C)C(=O)O.CC(C)N.CCC(C)CC.CCC(C)CC.CCC(C)CC.CCC(C)CC.CCC(C)CC.CCC(C)CC.CCC(C)CC.CCC(C)CC.CCC(O)CC. The van der Waals surface area contributed by atoms with Crippen molar-refractivity contribution in [1.29, 1.82) is 0 Å². The molecule has 0 saturated heterocycles. The van der Waals surface area contributed by atoms with Crippen molar-refractivity contribution in [2.24, 2.45) is 70.8 Å². The fourth-order valence-corrected chi connectivity index (χ4v) is 2.60. The van der Waals surface area contributed by atoms with Gasteiger partial charge in [0.25, 0.3) is 0 Å². The first-order chi connectivity index (χ1) is 34.0. The van der Waals surface area contributed by atoms with E-state index in [-0.39, 0.29) is 25.4 Å². The predicted octanol–water partition coefficient (Wildman–Crippen LogP) is 24.8. The van der Waals surface area contributed by atoms with Crippen LogP contribution in [0.4, 0.5) is 0 Å². The van der Waals surface area contributed by atoms with Gasteiger partial charge in [-0.1, -0.05) is 352 Å². The third kappa shape index (κ3) is 199. The Morgan fingerprint density at radius 2 is 0.347 bits per heavy atom. The van der Waals surface area contributed by atoms with E-state index in [2.05, 4.69) is 187 Å². The van der Waals surface area contributed by atoms with Gasteiger partial charge >= 0.3 is 11.9 Å². The van der Waals surface area contributed by atoms with Crippen LogP contribution in [0.3, 0.4) is 0 Å². The number of carbonyl (C=O) groups is 2. The number of hydrogen-bond acceptors (Lipinski definition) is 4. The summed E-state index contributed by atoms with van der Waals surface area (Å²) in [5.74, 6) is 6.37. The van der Waals surface area contributed by atoms with Gasteiger partial charge in [-0.25, -0.2) is 0 Å². The summed E-state index contributed by atoms with van der Waals surface area (Å²) >= 11 is 0. The van der Waals surface area contributed by atoms with Crippen LogP contribution in [0, 0.1) is 65.1 Å². The third-order valence-corrected chi connectivity index (χ3v) is 13.1. The molecule has 0 aliphatic rings. The Labute approximate surface area is 483 Å². The Hall–Kier alpha value is -1.14. The number of nitrogens with two attached hydrogens (primary N) is 1. The number of carboxylic acids is 2. The van der Waals surface area contributed by atoms with Gasteiger partial charge in [0.15, 0.2) is 0 Å². The second-order valence-corrected chi connectivity index (χ2v) is 22.8. The molecule has 474 valence electrons. The molecule has 0 radical (unpaired) electrons. The first-order valence-corrected chi connectivity index (χ1v) is 31.9. The van der Waals surface area contributed by atoms with Gasteiger partial charge in [-0.15, -0.1) is 0 Å². The van der Waals surface area contributed by atoms with E-state index in [1.54, 1.807) is 27.7 Å². The average molecular weight is 1090 g/mol. The molecule has 0 fully saturated rings. The van der Waals surface area contributed by atoms with Crippen molar-refractivity contribution in [1.82, 2.24) is 0 Å². The number of hydrogen-bond donors (Lipinski definition) is 4. The predicted molar refractivity (Wildman–Crippen MR) is 356 cm³/mol. The van der Waals surface area contributed by atoms with Crippen molar-refractivity contribution >= 4 is 11.9 Å². The van der Waals surface area contributed by atoms with E-state index < -0.39 is 11.9 Å². The largest absolute Gasteiger partial charge is 0.481 e. The van der Waals surface area contributed by atoms with Crippen molar-refractivity contribution in [3.8, 4) is 0 Å². The van der Waals surface area contributed by atoms with Crippen LogP contribution in [0.5, 0.6) is 0 Å². The van der Waals surface area contributed by atoms with E-state index >= 15 is 0 Å². The second kappa shape index (κ2) is 98.3. The fourth-order valence-electron chi connectivity index (χ4n) is 2.60. The molecule has 0 atom stereocenters. The summed E-state index contributed by atoms with van der Waals surface area (Å²) in [5, 5.41) is 24.6. The standard InChI is InChI=1S/8C6H14.C5H12O.2C4H8O2.C4H10.C3H9N.CH4/c8*1-4-6(3)5-2;1-3-5(6)4-2;2*1-3(2)4(5)6;1-4(2)3;1-3(2)4;/h8*6H,4-5H2,1-3H3;5-6H,3-4H2,1-2H3;2*3H,1-2H3,(H,5,6);4H,1-3H3;3H,4H2,1-2H3;1H4. The maximum atomic E-state index is 9.70. The first-order valence-electron chi connectivity index (χ1n) is 31.9. The average Bonchev–Trinajstić information content (AvgIpc) is 3.39. The topological polar surface area (TPSA) is 121 Å². The Balaban J connectivity index is -0.0000000448. The lowest BCUT2D eigenvalue weighted by Crippen LogP contribution is -2.06. The number of aliphatic carboxylic acids is 2. The van der Waals surface area contributed by atoms with E-state index in [1.807, 2.05) is 27.7 Å². The molecule has 0 aromatic heterocycles. The smallest absolute Gasteiger partial charge is 0.305 e. The van der Waals surface area contributed by atoms with Gasteiger partial charge in [-0.2, -0.15) is 0 Å². The van der Waals surface area contributed by atoms with Gasteiger partial charge < -0.3 is 21.1 Å². The second-order valence-electron chi connectivity index (χ2n) is 22.8. The Bertz CT molecular complexity index is 653. The van der Waals surface area contributed by atoms with Crippen LogP contribution < -0.4 is 5.73 Å². The highest BCUT2D eigenvalue weighted by atomic mass is 16.4. The van der Waals surface area contributed by atoms with Crippen molar-refractivity contribution in [3.05, 3.63) is 0 Å². The maximum Gasteiger partial charge on any atom is 0.305 e. The number of rotatable bonds is 20. The van der Waals surface area contributed by atoms with Crippen molar-refractivity contribution < 1.29 is 24.9 Å². The van der Waals surface area contributed by atoms with Crippen LogP contribution >= 0.6 is 0 Å². The molecule has 0 heterocycles. The minimum atomic E-state index is -0.741. The summed E-state index contributed by atoms with van der Waals surface area (Å²) in [5.41, 5.74) is 5.11. The van der Waals surface area contributed by atoms with Gasteiger partial charge in [-0.3, -0.25) is 9.59 Å². The number of carboxylic acid groups (broad SMARTS) is 2.